The quantitative estimate of drug-likeness (QED) is 0.871. The van der Waals surface area contributed by atoms with Gasteiger partial charge in [0.25, 0.3) is 0 Å². The Balaban J connectivity index is 1.95. The van der Waals surface area contributed by atoms with Crippen LogP contribution in [0, 0.1) is 0 Å². The Hall–Kier alpha value is -0.580. The summed E-state index contributed by atoms with van der Waals surface area (Å²) < 4.78 is 11.9. The van der Waals surface area contributed by atoms with E-state index in [1.54, 1.807) is 7.11 Å². The average Bonchev–Trinajstić information content (AvgIpc) is 2.31. The molecule has 0 atom stereocenters. The molecule has 1 aromatic carbocycles. The van der Waals surface area contributed by atoms with Crippen LogP contribution in [0.3, 0.4) is 0 Å². The van der Waals surface area contributed by atoms with Crippen LogP contribution in [-0.4, -0.2) is 25.9 Å². The third-order valence-corrected chi connectivity index (χ3v) is 4.01. The maximum atomic E-state index is 5.57. The predicted molar refractivity (Wildman–Crippen MR) is 76.9 cm³/mol. The largest absolute Gasteiger partial charge is 0.382 e. The van der Waals surface area contributed by atoms with E-state index < -0.39 is 0 Å². The van der Waals surface area contributed by atoms with Gasteiger partial charge in [0, 0.05) is 35.5 Å². The zero-order valence-electron chi connectivity index (χ0n) is 10.9. The maximum absolute atomic E-state index is 5.57. The van der Waals surface area contributed by atoms with Crippen molar-refractivity contribution in [3.05, 3.63) is 28.2 Å². The molecule has 1 aliphatic rings. The van der Waals surface area contributed by atoms with Gasteiger partial charge in [0.05, 0.1) is 12.7 Å². The first-order valence-electron chi connectivity index (χ1n) is 6.39. The van der Waals surface area contributed by atoms with Crippen molar-refractivity contribution in [1.82, 2.24) is 0 Å². The second-order valence-corrected chi connectivity index (χ2v) is 5.44. The minimum Gasteiger partial charge on any atom is -0.382 e. The van der Waals surface area contributed by atoms with E-state index in [2.05, 4.69) is 27.3 Å². The smallest absolute Gasteiger partial charge is 0.0744 e. The zero-order valence-corrected chi connectivity index (χ0v) is 12.5. The van der Waals surface area contributed by atoms with E-state index in [9.17, 15) is 0 Å². The summed E-state index contributed by atoms with van der Waals surface area (Å²) in [5.41, 5.74) is 2.34. The van der Waals surface area contributed by atoms with Gasteiger partial charge in [0.2, 0.25) is 0 Å². The monoisotopic (exact) mass is 313 g/mol. The summed E-state index contributed by atoms with van der Waals surface area (Å²) in [6, 6.07) is 6.71. The van der Waals surface area contributed by atoms with Crippen molar-refractivity contribution in [3.63, 3.8) is 0 Å². The molecule has 1 aromatic rings. The fourth-order valence-electron chi connectivity index (χ4n) is 2.26. The summed E-state index contributed by atoms with van der Waals surface area (Å²) in [5, 5.41) is 3.57. The van der Waals surface area contributed by atoms with Crippen LogP contribution in [0.5, 0.6) is 0 Å². The molecule has 0 heterocycles. The van der Waals surface area contributed by atoms with Gasteiger partial charge in [0.1, 0.15) is 0 Å². The van der Waals surface area contributed by atoms with Gasteiger partial charge in [-0.1, -0.05) is 22.0 Å². The summed E-state index contributed by atoms with van der Waals surface area (Å²) in [6.45, 7) is 3.47. The van der Waals surface area contributed by atoms with Crippen LogP contribution in [0.15, 0.2) is 22.7 Å². The summed E-state index contributed by atoms with van der Waals surface area (Å²) in [5.74, 6) is 0. The van der Waals surface area contributed by atoms with Crippen molar-refractivity contribution in [2.75, 3.05) is 19.0 Å². The molecule has 0 unspecified atom stereocenters. The molecule has 3 nitrogen and oxygen atoms in total. The molecule has 4 heteroatoms. The summed E-state index contributed by atoms with van der Waals surface area (Å²) in [6.07, 6.45) is 2.62. The first-order valence-corrected chi connectivity index (χ1v) is 7.18. The van der Waals surface area contributed by atoms with E-state index in [4.69, 9.17) is 9.47 Å². The number of halogens is 1. The second kappa shape index (κ2) is 6.55. The maximum Gasteiger partial charge on any atom is 0.0744 e. The van der Waals surface area contributed by atoms with Crippen LogP contribution >= 0.6 is 15.9 Å². The van der Waals surface area contributed by atoms with Crippen molar-refractivity contribution in [2.45, 2.75) is 38.5 Å². The SMILES string of the molecule is CCOC1CC(Nc2cccc(Br)c2COC)C1. The predicted octanol–water partition coefficient (Wildman–Crippen LogP) is 3.57. The van der Waals surface area contributed by atoms with Crippen LogP contribution in [0.1, 0.15) is 25.3 Å². The zero-order chi connectivity index (χ0) is 13.0. The van der Waals surface area contributed by atoms with Crippen molar-refractivity contribution in [2.24, 2.45) is 0 Å². The van der Waals surface area contributed by atoms with Gasteiger partial charge in [-0.2, -0.15) is 0 Å². The number of methoxy groups -OCH3 is 1. The topological polar surface area (TPSA) is 30.5 Å². The van der Waals surface area contributed by atoms with E-state index in [1.807, 2.05) is 19.1 Å². The number of ether oxygens (including phenoxy) is 2. The molecule has 0 spiro atoms. The molecule has 100 valence electrons. The van der Waals surface area contributed by atoms with Gasteiger partial charge in [0.15, 0.2) is 0 Å². The first kappa shape index (κ1) is 13.8. The Morgan fingerprint density at radius 1 is 1.39 bits per heavy atom. The molecular formula is C14H20BrNO2. The van der Waals surface area contributed by atoms with Gasteiger partial charge in [-0.15, -0.1) is 0 Å². The van der Waals surface area contributed by atoms with E-state index in [-0.39, 0.29) is 0 Å². The third kappa shape index (κ3) is 3.25. The van der Waals surface area contributed by atoms with Crippen molar-refractivity contribution < 1.29 is 9.47 Å². The molecule has 1 aliphatic carbocycles. The molecule has 0 saturated heterocycles. The fourth-order valence-corrected chi connectivity index (χ4v) is 2.74. The Bertz CT molecular complexity index is 391. The highest BCUT2D eigenvalue weighted by atomic mass is 79.9. The molecule has 1 fully saturated rings. The fraction of sp³-hybridized carbons (Fsp3) is 0.571. The van der Waals surface area contributed by atoms with Crippen LogP contribution in [0.4, 0.5) is 5.69 Å². The molecule has 0 aliphatic heterocycles. The van der Waals surface area contributed by atoms with Gasteiger partial charge in [-0.25, -0.2) is 0 Å². The highest BCUT2D eigenvalue weighted by Crippen LogP contribution is 2.31. The van der Waals surface area contributed by atoms with Crippen LogP contribution in [0.2, 0.25) is 0 Å². The molecule has 18 heavy (non-hydrogen) atoms. The lowest BCUT2D eigenvalue weighted by molar-refractivity contribution is 0.00295. The Morgan fingerprint density at radius 2 is 2.17 bits per heavy atom. The van der Waals surface area contributed by atoms with Gasteiger partial charge in [-0.05, 0) is 31.9 Å². The third-order valence-electron chi connectivity index (χ3n) is 3.26. The molecule has 0 bridgehead atoms. The van der Waals surface area contributed by atoms with E-state index in [0.717, 1.165) is 29.6 Å². The standard InChI is InChI=1S/C14H20BrNO2/c1-3-18-11-7-10(8-11)16-14-6-4-5-13(15)12(14)9-17-2/h4-6,10-11,16H,3,7-9H2,1-2H3. The van der Waals surface area contributed by atoms with Crippen LogP contribution in [0.25, 0.3) is 0 Å². The number of hydrogen-bond acceptors (Lipinski definition) is 3. The van der Waals surface area contributed by atoms with E-state index >= 15 is 0 Å². The molecule has 0 aromatic heterocycles. The molecule has 1 N–H and O–H groups in total. The van der Waals surface area contributed by atoms with Crippen molar-refractivity contribution >= 4 is 21.6 Å². The lowest BCUT2D eigenvalue weighted by atomic mass is 9.89. The van der Waals surface area contributed by atoms with Gasteiger partial charge >= 0.3 is 0 Å². The molecular weight excluding hydrogens is 294 g/mol. The molecule has 0 radical (unpaired) electrons. The van der Waals surface area contributed by atoms with Gasteiger partial charge in [-0.3, -0.25) is 0 Å². The van der Waals surface area contributed by atoms with Gasteiger partial charge < -0.3 is 14.8 Å². The van der Waals surface area contributed by atoms with Crippen LogP contribution in [-0.2, 0) is 16.1 Å². The molecule has 1 saturated carbocycles. The number of benzene rings is 1. The second-order valence-electron chi connectivity index (χ2n) is 4.59. The van der Waals surface area contributed by atoms with E-state index in [0.29, 0.717) is 18.8 Å². The Kier molecular flexibility index (Phi) is 5.03. The minimum atomic E-state index is 0.436. The summed E-state index contributed by atoms with van der Waals surface area (Å²) in [4.78, 5) is 0. The average molecular weight is 314 g/mol. The number of hydrogen-bond donors (Lipinski definition) is 1. The first-order chi connectivity index (χ1) is 8.74. The number of nitrogens with one attached hydrogen (secondary N) is 1. The lowest BCUT2D eigenvalue weighted by Gasteiger charge is -2.36. The summed E-state index contributed by atoms with van der Waals surface area (Å²) in [7, 11) is 1.72. The van der Waals surface area contributed by atoms with Crippen molar-refractivity contribution in [1.29, 1.82) is 0 Å². The number of rotatable bonds is 6. The highest BCUT2D eigenvalue weighted by Gasteiger charge is 2.29. The Morgan fingerprint density at radius 3 is 2.83 bits per heavy atom. The van der Waals surface area contributed by atoms with Crippen molar-refractivity contribution in [3.8, 4) is 0 Å². The Labute approximate surface area is 117 Å². The number of anilines is 1. The highest BCUT2D eigenvalue weighted by molar-refractivity contribution is 9.10. The summed E-state index contributed by atoms with van der Waals surface area (Å²) >= 11 is 3.57. The molecule has 2 rings (SSSR count). The normalized spacial score (nSPS) is 22.6. The lowest BCUT2D eigenvalue weighted by Crippen LogP contribution is -2.41. The van der Waals surface area contributed by atoms with E-state index in [1.165, 1.54) is 5.56 Å². The van der Waals surface area contributed by atoms with Crippen LogP contribution < -0.4 is 5.32 Å². The minimum absolute atomic E-state index is 0.436. The molecule has 0 amide bonds.